The standard InChI is InChI=1S/CH4NO2P/c1-4-5(2)3/h2H,1H3. The van der Waals surface area contributed by atoms with E-state index in [1.165, 1.54) is 7.11 Å². The van der Waals surface area contributed by atoms with Crippen molar-refractivity contribution in [1.82, 2.24) is 0 Å². The normalized spacial score (nSPS) is 11.2. The fourth-order valence-electron chi connectivity index (χ4n) is 0. The van der Waals surface area contributed by atoms with Crippen LogP contribution in [0.5, 0.6) is 0 Å². The molecule has 0 saturated heterocycles. The molecule has 0 amide bonds. The van der Waals surface area contributed by atoms with Gasteiger partial charge in [0, 0.05) is 0 Å². The number of rotatable bonds is 1. The summed E-state index contributed by atoms with van der Waals surface area (Å²) in [7, 11) is -0.870. The van der Waals surface area contributed by atoms with Gasteiger partial charge in [-0.2, -0.15) is 4.52 Å². The fourth-order valence-corrected chi connectivity index (χ4v) is 0. The topological polar surface area (TPSA) is 56.1 Å². The van der Waals surface area contributed by atoms with Crippen molar-refractivity contribution in [3.8, 4) is 0 Å². The molecule has 3 nitrogen and oxygen atoms in total. The van der Waals surface area contributed by atoms with Gasteiger partial charge >= 0.3 is 8.17 Å². The Morgan fingerprint density at radius 2 is 2.20 bits per heavy atom. The summed E-state index contributed by atoms with van der Waals surface area (Å²) in [4.78, 5) is 9.41. The Morgan fingerprint density at radius 1 is 2.00 bits per heavy atom. The minimum atomic E-state index is -2.10. The van der Waals surface area contributed by atoms with Crippen molar-refractivity contribution in [3.05, 3.63) is 0 Å². The molecule has 0 saturated carbocycles. The minimum Gasteiger partial charge on any atom is -0.584 e. The first-order valence-electron chi connectivity index (χ1n) is 0.997. The summed E-state index contributed by atoms with van der Waals surface area (Å²) in [5.41, 5.74) is 0. The van der Waals surface area contributed by atoms with Crippen LogP contribution >= 0.6 is 8.17 Å². The van der Waals surface area contributed by atoms with Crippen molar-refractivity contribution in [2.24, 2.45) is 0 Å². The van der Waals surface area contributed by atoms with Crippen LogP contribution in [0, 0.1) is 5.16 Å². The zero-order valence-electron chi connectivity index (χ0n) is 2.76. The molecule has 0 rings (SSSR count). The van der Waals surface area contributed by atoms with Gasteiger partial charge in [-0.1, -0.05) is 5.16 Å². The van der Waals surface area contributed by atoms with Gasteiger partial charge < -0.3 is 4.89 Å². The van der Waals surface area contributed by atoms with Crippen molar-refractivity contribution in [2.75, 3.05) is 7.11 Å². The zero-order chi connectivity index (χ0) is 4.28. The summed E-state index contributed by atoms with van der Waals surface area (Å²) >= 11 is 0. The minimum absolute atomic E-state index is 1.23. The third-order valence-electron chi connectivity index (χ3n) is 0.166. The number of nitrogens with one attached hydrogen (secondary N) is 1. The quantitative estimate of drug-likeness (QED) is 0.466. The maximum absolute atomic E-state index is 9.41. The van der Waals surface area contributed by atoms with Crippen molar-refractivity contribution in [3.63, 3.8) is 0 Å². The molecule has 0 aromatic heterocycles. The summed E-state index contributed by atoms with van der Waals surface area (Å²) in [6, 6.07) is 0. The summed E-state index contributed by atoms with van der Waals surface area (Å²) in [5.74, 6) is 0. The largest absolute Gasteiger partial charge is 0.584 e. The molecule has 1 unspecified atom stereocenters. The maximum atomic E-state index is 9.41. The highest BCUT2D eigenvalue weighted by Crippen LogP contribution is 2.03. The summed E-state index contributed by atoms with van der Waals surface area (Å²) < 4.78 is 3.93. The van der Waals surface area contributed by atoms with E-state index in [0.29, 0.717) is 0 Å². The van der Waals surface area contributed by atoms with Crippen molar-refractivity contribution >= 4 is 8.17 Å². The van der Waals surface area contributed by atoms with E-state index >= 15 is 0 Å². The molecule has 0 aliphatic rings. The second-order valence-electron chi connectivity index (χ2n) is 0.440. The second kappa shape index (κ2) is 2.27. The van der Waals surface area contributed by atoms with Crippen LogP contribution in [0.15, 0.2) is 0 Å². The Labute approximate surface area is 31.0 Å². The fraction of sp³-hybridized carbons (Fsp3) is 1.00. The van der Waals surface area contributed by atoms with Gasteiger partial charge in [0.15, 0.2) is 0 Å². The van der Waals surface area contributed by atoms with Crippen LogP contribution in [0.3, 0.4) is 0 Å². The molecule has 5 heavy (non-hydrogen) atoms. The Hall–Kier alpha value is 0.0200. The molecule has 0 aromatic rings. The molecule has 1 N–H and O–H groups in total. The lowest BCUT2D eigenvalue weighted by Gasteiger charge is -1.76. The van der Waals surface area contributed by atoms with Crippen molar-refractivity contribution in [1.29, 1.82) is 5.16 Å². The first-order valence-corrected chi connectivity index (χ1v) is 2.17. The van der Waals surface area contributed by atoms with E-state index < -0.39 is 8.17 Å². The molecule has 0 aliphatic heterocycles. The van der Waals surface area contributed by atoms with Crippen LogP contribution in [0.4, 0.5) is 0 Å². The van der Waals surface area contributed by atoms with Gasteiger partial charge in [0.1, 0.15) is 0 Å². The van der Waals surface area contributed by atoms with Gasteiger partial charge in [0.05, 0.1) is 7.11 Å². The van der Waals surface area contributed by atoms with E-state index in [1.54, 1.807) is 0 Å². The van der Waals surface area contributed by atoms with Gasteiger partial charge in [-0.15, -0.1) is 0 Å². The molecule has 0 aliphatic carbocycles. The summed E-state index contributed by atoms with van der Waals surface area (Å²) in [6.45, 7) is 0. The van der Waals surface area contributed by atoms with E-state index in [4.69, 9.17) is 5.16 Å². The lowest BCUT2D eigenvalue weighted by molar-refractivity contribution is -0.174. The molecule has 0 fully saturated rings. The van der Waals surface area contributed by atoms with Crippen LogP contribution in [-0.2, 0) is 4.52 Å². The first kappa shape index (κ1) is 5.02. The first-order chi connectivity index (χ1) is 2.27. The summed E-state index contributed by atoms with van der Waals surface area (Å²) in [5, 5.41) is 6.11. The number of hydrogen-bond donors (Lipinski definition) is 1. The van der Waals surface area contributed by atoms with E-state index in [-0.39, 0.29) is 0 Å². The number of hydrogen-bond acceptors (Lipinski definition) is 3. The third kappa shape index (κ3) is 4.02. The predicted molar refractivity (Wildman–Crippen MR) is 16.6 cm³/mol. The molecular formula is CH4NO2P. The molecule has 0 heterocycles. The molecule has 4 heteroatoms. The van der Waals surface area contributed by atoms with Crippen LogP contribution in [-0.4, -0.2) is 7.11 Å². The predicted octanol–water partition coefficient (Wildman–Crippen LogP) is 0.0674. The lowest BCUT2D eigenvalue weighted by Crippen LogP contribution is -1.83. The second-order valence-corrected chi connectivity index (χ2v) is 1.32. The Morgan fingerprint density at radius 3 is 2.20 bits per heavy atom. The highest BCUT2D eigenvalue weighted by molar-refractivity contribution is 7.31. The average molecular weight is 93.0 g/mol. The van der Waals surface area contributed by atoms with Gasteiger partial charge in [-0.25, -0.2) is 0 Å². The molecule has 1 atom stereocenters. The van der Waals surface area contributed by atoms with Gasteiger partial charge in [-0.05, 0) is 0 Å². The van der Waals surface area contributed by atoms with Crippen molar-refractivity contribution in [2.45, 2.75) is 0 Å². The van der Waals surface area contributed by atoms with Crippen LogP contribution in [0.25, 0.3) is 0 Å². The van der Waals surface area contributed by atoms with E-state index in [2.05, 4.69) is 4.52 Å². The SMILES string of the molecule is CO[P+](=N)[O-]. The van der Waals surface area contributed by atoms with E-state index in [9.17, 15) is 4.89 Å². The van der Waals surface area contributed by atoms with Crippen LogP contribution < -0.4 is 4.89 Å². The van der Waals surface area contributed by atoms with E-state index in [0.717, 1.165) is 0 Å². The molecule has 30 valence electrons. The maximum Gasteiger partial charge on any atom is 0.338 e. The van der Waals surface area contributed by atoms with E-state index in [1.807, 2.05) is 0 Å². The Balaban J connectivity index is 2.85. The van der Waals surface area contributed by atoms with Gasteiger partial charge in [0.2, 0.25) is 0 Å². The van der Waals surface area contributed by atoms with Gasteiger partial charge in [-0.3, -0.25) is 0 Å². The smallest absolute Gasteiger partial charge is 0.338 e. The molecule has 0 aromatic carbocycles. The molecular weight excluding hydrogens is 89.0 g/mol. The monoisotopic (exact) mass is 93.0 g/mol. The third-order valence-corrected chi connectivity index (χ3v) is 0.497. The van der Waals surface area contributed by atoms with Crippen molar-refractivity contribution < 1.29 is 9.42 Å². The molecule has 0 spiro atoms. The lowest BCUT2D eigenvalue weighted by atomic mass is 11.8. The van der Waals surface area contributed by atoms with Crippen LogP contribution in [0.2, 0.25) is 0 Å². The Kier molecular flexibility index (Phi) is 2.28. The highest BCUT2D eigenvalue weighted by atomic mass is 31.1. The highest BCUT2D eigenvalue weighted by Gasteiger charge is 1.77. The Bertz CT molecular complexity index is 44.9. The van der Waals surface area contributed by atoms with Crippen LogP contribution in [0.1, 0.15) is 0 Å². The van der Waals surface area contributed by atoms with Gasteiger partial charge in [0.25, 0.3) is 0 Å². The summed E-state index contributed by atoms with van der Waals surface area (Å²) in [6.07, 6.45) is 0. The molecule has 0 radical (unpaired) electrons. The zero-order valence-corrected chi connectivity index (χ0v) is 3.66. The average Bonchev–Trinajstić information content (AvgIpc) is 1.38. The molecule has 0 bridgehead atoms.